The van der Waals surface area contributed by atoms with E-state index in [1.165, 1.54) is 12.1 Å². The minimum absolute atomic E-state index is 0.223. The lowest BCUT2D eigenvalue weighted by atomic mass is 9.89. The highest BCUT2D eigenvalue weighted by molar-refractivity contribution is 5.68. The predicted octanol–water partition coefficient (Wildman–Crippen LogP) is 5.45. The summed E-state index contributed by atoms with van der Waals surface area (Å²) in [7, 11) is 0. The first-order valence-corrected chi connectivity index (χ1v) is 7.03. The Balaban J connectivity index is 2.65. The Morgan fingerprint density at radius 2 is 1.40 bits per heavy atom. The van der Waals surface area contributed by atoms with Crippen LogP contribution in [0.15, 0.2) is 36.4 Å². The number of benzene rings is 2. The molecule has 0 aliphatic rings. The molecule has 2 aromatic carbocycles. The largest absolute Gasteiger partial charge is 0.507 e. The zero-order valence-electron chi connectivity index (χ0n) is 12.4. The molecule has 0 saturated heterocycles. The maximum atomic E-state index is 13.4. The van der Waals surface area contributed by atoms with Crippen LogP contribution in [0.3, 0.4) is 0 Å². The highest BCUT2D eigenvalue weighted by atomic mass is 19.1. The lowest BCUT2D eigenvalue weighted by Crippen LogP contribution is -1.97. The van der Waals surface area contributed by atoms with Crippen molar-refractivity contribution < 1.29 is 9.50 Å². The van der Waals surface area contributed by atoms with Gasteiger partial charge in [0.25, 0.3) is 0 Å². The van der Waals surface area contributed by atoms with E-state index >= 15 is 0 Å². The lowest BCUT2D eigenvalue weighted by molar-refractivity contribution is 0.454. The molecule has 0 aromatic heterocycles. The van der Waals surface area contributed by atoms with Crippen LogP contribution in [0.5, 0.6) is 5.75 Å². The molecule has 2 aromatic rings. The molecule has 0 heterocycles. The van der Waals surface area contributed by atoms with Gasteiger partial charge < -0.3 is 5.11 Å². The number of aromatic hydroxyl groups is 1. The van der Waals surface area contributed by atoms with Gasteiger partial charge in [-0.05, 0) is 58.4 Å². The second kappa shape index (κ2) is 5.66. The SMILES string of the molecule is CC(C)c1cc(-c2cccc(F)c2)cc(C(C)C)c1O. The molecule has 20 heavy (non-hydrogen) atoms. The van der Waals surface area contributed by atoms with Crippen LogP contribution in [0.4, 0.5) is 4.39 Å². The smallest absolute Gasteiger partial charge is 0.123 e. The van der Waals surface area contributed by atoms with Crippen molar-refractivity contribution in [2.45, 2.75) is 39.5 Å². The molecular formula is C18H21FO. The summed E-state index contributed by atoms with van der Waals surface area (Å²) in [6.45, 7) is 8.20. The summed E-state index contributed by atoms with van der Waals surface area (Å²) in [4.78, 5) is 0. The quantitative estimate of drug-likeness (QED) is 0.788. The van der Waals surface area contributed by atoms with Crippen LogP contribution in [0, 0.1) is 5.82 Å². The molecule has 0 radical (unpaired) electrons. The van der Waals surface area contributed by atoms with Gasteiger partial charge in [0.1, 0.15) is 11.6 Å². The van der Waals surface area contributed by atoms with Crippen LogP contribution in [0.1, 0.15) is 50.7 Å². The van der Waals surface area contributed by atoms with Crippen LogP contribution in [0.25, 0.3) is 11.1 Å². The Morgan fingerprint density at radius 1 is 0.850 bits per heavy atom. The van der Waals surface area contributed by atoms with Crippen molar-refractivity contribution in [2.24, 2.45) is 0 Å². The monoisotopic (exact) mass is 272 g/mol. The fourth-order valence-corrected chi connectivity index (χ4v) is 2.40. The fraction of sp³-hybridized carbons (Fsp3) is 0.333. The Hall–Kier alpha value is -1.83. The summed E-state index contributed by atoms with van der Waals surface area (Å²) < 4.78 is 13.4. The van der Waals surface area contributed by atoms with Gasteiger partial charge in [-0.2, -0.15) is 0 Å². The number of rotatable bonds is 3. The lowest BCUT2D eigenvalue weighted by Gasteiger charge is -2.17. The van der Waals surface area contributed by atoms with E-state index in [-0.39, 0.29) is 17.7 Å². The zero-order chi connectivity index (χ0) is 14.9. The summed E-state index contributed by atoms with van der Waals surface area (Å²) in [6, 6.07) is 10.5. The Bertz CT molecular complexity index is 586. The molecule has 0 bridgehead atoms. The summed E-state index contributed by atoms with van der Waals surface area (Å²) in [6.07, 6.45) is 0. The summed E-state index contributed by atoms with van der Waals surface area (Å²) in [5, 5.41) is 10.4. The molecule has 0 unspecified atom stereocenters. The van der Waals surface area contributed by atoms with E-state index in [0.717, 1.165) is 22.3 Å². The molecule has 0 saturated carbocycles. The molecular weight excluding hydrogens is 251 g/mol. The molecule has 0 fully saturated rings. The van der Waals surface area contributed by atoms with Crippen LogP contribution >= 0.6 is 0 Å². The topological polar surface area (TPSA) is 20.2 Å². The van der Waals surface area contributed by atoms with E-state index in [2.05, 4.69) is 27.7 Å². The molecule has 1 N–H and O–H groups in total. The molecule has 0 spiro atoms. The van der Waals surface area contributed by atoms with Gasteiger partial charge in [0, 0.05) is 0 Å². The Labute approximate surface area is 120 Å². The average Bonchev–Trinajstić information content (AvgIpc) is 2.38. The van der Waals surface area contributed by atoms with Crippen LogP contribution in [-0.2, 0) is 0 Å². The molecule has 0 atom stereocenters. The van der Waals surface area contributed by atoms with Gasteiger partial charge in [0.2, 0.25) is 0 Å². The van der Waals surface area contributed by atoms with Crippen LogP contribution in [0.2, 0.25) is 0 Å². The zero-order valence-corrected chi connectivity index (χ0v) is 12.4. The van der Waals surface area contributed by atoms with E-state index < -0.39 is 0 Å². The molecule has 106 valence electrons. The predicted molar refractivity (Wildman–Crippen MR) is 81.7 cm³/mol. The van der Waals surface area contributed by atoms with Gasteiger partial charge in [0.15, 0.2) is 0 Å². The minimum Gasteiger partial charge on any atom is -0.507 e. The number of phenolic OH excluding ortho intramolecular Hbond substituents is 1. The second-order valence-corrected chi connectivity index (χ2v) is 5.82. The van der Waals surface area contributed by atoms with Gasteiger partial charge in [-0.25, -0.2) is 4.39 Å². The van der Waals surface area contributed by atoms with Crippen molar-refractivity contribution in [2.75, 3.05) is 0 Å². The van der Waals surface area contributed by atoms with Gasteiger partial charge in [0.05, 0.1) is 0 Å². The third-order valence-corrected chi connectivity index (χ3v) is 3.57. The van der Waals surface area contributed by atoms with Crippen molar-refractivity contribution in [3.8, 4) is 16.9 Å². The van der Waals surface area contributed by atoms with E-state index in [0.29, 0.717) is 5.75 Å². The van der Waals surface area contributed by atoms with Crippen molar-refractivity contribution in [1.82, 2.24) is 0 Å². The number of halogens is 1. The van der Waals surface area contributed by atoms with Gasteiger partial charge >= 0.3 is 0 Å². The maximum Gasteiger partial charge on any atom is 0.123 e. The summed E-state index contributed by atoms with van der Waals surface area (Å²) in [5.74, 6) is 0.574. The summed E-state index contributed by atoms with van der Waals surface area (Å²) >= 11 is 0. The molecule has 2 rings (SSSR count). The van der Waals surface area contributed by atoms with Crippen molar-refractivity contribution in [3.63, 3.8) is 0 Å². The van der Waals surface area contributed by atoms with Crippen molar-refractivity contribution >= 4 is 0 Å². The van der Waals surface area contributed by atoms with Gasteiger partial charge in [-0.15, -0.1) is 0 Å². The Morgan fingerprint density at radius 3 is 1.85 bits per heavy atom. The minimum atomic E-state index is -0.243. The normalized spacial score (nSPS) is 11.3. The number of phenols is 1. The van der Waals surface area contributed by atoms with E-state index in [1.807, 2.05) is 18.2 Å². The first kappa shape index (κ1) is 14.6. The Kier molecular flexibility index (Phi) is 4.12. The fourth-order valence-electron chi connectivity index (χ4n) is 2.40. The van der Waals surface area contributed by atoms with Crippen LogP contribution < -0.4 is 0 Å². The third-order valence-electron chi connectivity index (χ3n) is 3.57. The van der Waals surface area contributed by atoms with E-state index in [9.17, 15) is 9.50 Å². The highest BCUT2D eigenvalue weighted by Crippen LogP contribution is 2.37. The van der Waals surface area contributed by atoms with Crippen molar-refractivity contribution in [1.29, 1.82) is 0 Å². The first-order valence-electron chi connectivity index (χ1n) is 7.03. The van der Waals surface area contributed by atoms with Gasteiger partial charge in [-0.3, -0.25) is 0 Å². The summed E-state index contributed by atoms with van der Waals surface area (Å²) in [5.41, 5.74) is 3.62. The third kappa shape index (κ3) is 2.84. The molecule has 0 aliphatic carbocycles. The molecule has 0 aliphatic heterocycles. The standard InChI is InChI=1S/C18H21FO/c1-11(2)16-9-14(10-17(12(3)4)18(16)20)13-6-5-7-15(19)8-13/h5-12,20H,1-4H3. The van der Waals surface area contributed by atoms with Crippen molar-refractivity contribution in [3.05, 3.63) is 53.3 Å². The number of hydrogen-bond donors (Lipinski definition) is 1. The van der Waals surface area contributed by atoms with E-state index in [1.54, 1.807) is 6.07 Å². The van der Waals surface area contributed by atoms with Gasteiger partial charge in [-0.1, -0.05) is 39.8 Å². The molecule has 2 heteroatoms. The average molecular weight is 272 g/mol. The highest BCUT2D eigenvalue weighted by Gasteiger charge is 2.15. The number of hydrogen-bond acceptors (Lipinski definition) is 1. The maximum absolute atomic E-state index is 13.4. The molecule has 1 nitrogen and oxygen atoms in total. The van der Waals surface area contributed by atoms with Crippen LogP contribution in [-0.4, -0.2) is 5.11 Å². The second-order valence-electron chi connectivity index (χ2n) is 5.82. The first-order chi connectivity index (χ1) is 9.40. The molecule has 0 amide bonds. The van der Waals surface area contributed by atoms with E-state index in [4.69, 9.17) is 0 Å².